The van der Waals surface area contributed by atoms with Crippen molar-refractivity contribution in [1.82, 2.24) is 10.2 Å². The summed E-state index contributed by atoms with van der Waals surface area (Å²) in [6.45, 7) is 10.7. The second kappa shape index (κ2) is 6.28. The molecule has 0 radical (unpaired) electrons. The van der Waals surface area contributed by atoms with E-state index in [-0.39, 0.29) is 5.41 Å². The SMILES string of the molecule is CCc1ccc(O)cc1C12CCCC1(C)C(C)N(CC1CCCN1)C2. The first-order valence-corrected chi connectivity index (χ1v) is 10.3. The molecule has 1 saturated carbocycles. The van der Waals surface area contributed by atoms with Gasteiger partial charge in [0.1, 0.15) is 5.75 Å². The highest BCUT2D eigenvalue weighted by molar-refractivity contribution is 5.45. The van der Waals surface area contributed by atoms with Crippen molar-refractivity contribution in [3.8, 4) is 5.75 Å². The molecule has 4 atom stereocenters. The summed E-state index contributed by atoms with van der Waals surface area (Å²) in [5.74, 6) is 0.430. The van der Waals surface area contributed by atoms with Crippen LogP contribution in [0.2, 0.25) is 0 Å². The smallest absolute Gasteiger partial charge is 0.115 e. The number of rotatable bonds is 4. The average molecular weight is 343 g/mol. The molecule has 138 valence electrons. The zero-order valence-corrected chi connectivity index (χ0v) is 16.1. The molecule has 2 heterocycles. The molecule has 0 spiro atoms. The number of nitrogens with zero attached hydrogens (tertiary/aromatic N) is 1. The van der Waals surface area contributed by atoms with Crippen molar-refractivity contribution < 1.29 is 5.11 Å². The largest absolute Gasteiger partial charge is 0.508 e. The first-order valence-electron chi connectivity index (χ1n) is 10.3. The number of hydrogen-bond donors (Lipinski definition) is 2. The molecule has 1 aromatic carbocycles. The molecule has 2 N–H and O–H groups in total. The molecule has 3 fully saturated rings. The number of fused-ring (bicyclic) bond motifs is 1. The van der Waals surface area contributed by atoms with Gasteiger partial charge >= 0.3 is 0 Å². The van der Waals surface area contributed by atoms with Crippen molar-refractivity contribution >= 4 is 0 Å². The van der Waals surface area contributed by atoms with Gasteiger partial charge < -0.3 is 10.4 Å². The zero-order valence-electron chi connectivity index (χ0n) is 16.1. The van der Waals surface area contributed by atoms with Gasteiger partial charge in [-0.2, -0.15) is 0 Å². The van der Waals surface area contributed by atoms with Crippen molar-refractivity contribution in [2.75, 3.05) is 19.6 Å². The molecule has 25 heavy (non-hydrogen) atoms. The van der Waals surface area contributed by atoms with Crippen molar-refractivity contribution in [2.24, 2.45) is 5.41 Å². The quantitative estimate of drug-likeness (QED) is 0.873. The number of hydrogen-bond acceptors (Lipinski definition) is 3. The lowest BCUT2D eigenvalue weighted by molar-refractivity contribution is 0.159. The Morgan fingerprint density at radius 1 is 1.28 bits per heavy atom. The number of aryl methyl sites for hydroxylation is 1. The normalized spacial score (nSPS) is 38.4. The molecular formula is C22H34N2O. The van der Waals surface area contributed by atoms with Gasteiger partial charge in [-0.05, 0) is 74.2 Å². The van der Waals surface area contributed by atoms with Gasteiger partial charge in [0.2, 0.25) is 0 Å². The predicted octanol–water partition coefficient (Wildman–Crippen LogP) is 3.84. The van der Waals surface area contributed by atoms with Crippen LogP contribution >= 0.6 is 0 Å². The van der Waals surface area contributed by atoms with E-state index in [9.17, 15) is 5.11 Å². The second-order valence-corrected chi connectivity index (χ2v) is 8.95. The third kappa shape index (κ3) is 2.54. The van der Waals surface area contributed by atoms with E-state index < -0.39 is 0 Å². The van der Waals surface area contributed by atoms with Gasteiger partial charge in [-0.15, -0.1) is 0 Å². The highest BCUT2D eigenvalue weighted by atomic mass is 16.3. The Morgan fingerprint density at radius 2 is 2.12 bits per heavy atom. The summed E-state index contributed by atoms with van der Waals surface area (Å²) in [6.07, 6.45) is 7.57. The molecule has 1 aromatic rings. The van der Waals surface area contributed by atoms with E-state index in [0.29, 0.717) is 23.2 Å². The summed E-state index contributed by atoms with van der Waals surface area (Å²) >= 11 is 0. The Hall–Kier alpha value is -1.06. The van der Waals surface area contributed by atoms with Gasteiger partial charge in [0, 0.05) is 30.6 Å². The molecule has 4 rings (SSSR count). The lowest BCUT2D eigenvalue weighted by Gasteiger charge is -2.41. The summed E-state index contributed by atoms with van der Waals surface area (Å²) in [7, 11) is 0. The van der Waals surface area contributed by atoms with Gasteiger partial charge in [0.05, 0.1) is 0 Å². The third-order valence-corrected chi connectivity index (χ3v) is 7.94. The third-order valence-electron chi connectivity index (χ3n) is 7.94. The van der Waals surface area contributed by atoms with Crippen LogP contribution in [-0.2, 0) is 11.8 Å². The van der Waals surface area contributed by atoms with Crippen molar-refractivity contribution in [3.63, 3.8) is 0 Å². The summed E-state index contributed by atoms with van der Waals surface area (Å²) in [5, 5.41) is 13.9. The highest BCUT2D eigenvalue weighted by Gasteiger charge is 2.62. The van der Waals surface area contributed by atoms with Crippen LogP contribution in [0.1, 0.15) is 64.0 Å². The topological polar surface area (TPSA) is 35.5 Å². The molecule has 3 heteroatoms. The van der Waals surface area contributed by atoms with E-state index in [1.807, 2.05) is 6.07 Å². The number of phenols is 1. The van der Waals surface area contributed by atoms with E-state index in [1.165, 1.54) is 56.3 Å². The number of benzene rings is 1. The Morgan fingerprint density at radius 3 is 2.84 bits per heavy atom. The summed E-state index contributed by atoms with van der Waals surface area (Å²) in [5.41, 5.74) is 3.38. The standard InChI is InChI=1S/C22H34N2O/c1-4-17-8-9-19(25)13-20(17)22-11-6-10-21(22,3)16(2)24(15-22)14-18-7-5-12-23-18/h8-9,13,16,18,23,25H,4-7,10-12,14-15H2,1-3H3. The molecule has 2 saturated heterocycles. The van der Waals surface area contributed by atoms with Crippen LogP contribution < -0.4 is 5.32 Å². The minimum absolute atomic E-state index is 0.203. The van der Waals surface area contributed by atoms with E-state index in [2.05, 4.69) is 43.1 Å². The van der Waals surface area contributed by atoms with E-state index >= 15 is 0 Å². The van der Waals surface area contributed by atoms with Gasteiger partial charge in [0.15, 0.2) is 0 Å². The van der Waals surface area contributed by atoms with Gasteiger partial charge in [-0.25, -0.2) is 0 Å². The Bertz CT molecular complexity index is 639. The maximum Gasteiger partial charge on any atom is 0.115 e. The fourth-order valence-corrected chi connectivity index (χ4v) is 6.30. The number of likely N-dealkylation sites (tertiary alicyclic amines) is 1. The van der Waals surface area contributed by atoms with E-state index in [0.717, 1.165) is 13.0 Å². The second-order valence-electron chi connectivity index (χ2n) is 8.95. The molecular weight excluding hydrogens is 308 g/mol. The van der Waals surface area contributed by atoms with Gasteiger partial charge in [0.25, 0.3) is 0 Å². The van der Waals surface area contributed by atoms with Crippen molar-refractivity contribution in [1.29, 1.82) is 0 Å². The average Bonchev–Trinajstić information content (AvgIpc) is 3.27. The first-order chi connectivity index (χ1) is 12.0. The maximum atomic E-state index is 10.2. The lowest BCUT2D eigenvalue weighted by atomic mass is 9.62. The van der Waals surface area contributed by atoms with Crippen LogP contribution in [0.25, 0.3) is 0 Å². The lowest BCUT2D eigenvalue weighted by Crippen LogP contribution is -2.43. The zero-order chi connectivity index (χ0) is 17.7. The van der Waals surface area contributed by atoms with Crippen LogP contribution in [0.4, 0.5) is 0 Å². The summed E-state index contributed by atoms with van der Waals surface area (Å²) in [6, 6.07) is 7.38. The van der Waals surface area contributed by atoms with Gasteiger partial charge in [-0.1, -0.05) is 26.3 Å². The molecule has 0 amide bonds. The van der Waals surface area contributed by atoms with Crippen molar-refractivity contribution in [3.05, 3.63) is 29.3 Å². The minimum atomic E-state index is 0.203. The molecule has 4 unspecified atom stereocenters. The highest BCUT2D eigenvalue weighted by Crippen LogP contribution is 2.62. The monoisotopic (exact) mass is 342 g/mol. The summed E-state index contributed by atoms with van der Waals surface area (Å²) < 4.78 is 0. The Labute approximate surface area is 152 Å². The molecule has 0 aromatic heterocycles. The molecule has 2 aliphatic heterocycles. The van der Waals surface area contributed by atoms with E-state index in [1.54, 1.807) is 0 Å². The molecule has 0 bridgehead atoms. The van der Waals surface area contributed by atoms with Crippen LogP contribution in [0.5, 0.6) is 5.75 Å². The van der Waals surface area contributed by atoms with E-state index in [4.69, 9.17) is 0 Å². The van der Waals surface area contributed by atoms with Crippen LogP contribution in [0.3, 0.4) is 0 Å². The molecule has 3 aliphatic rings. The van der Waals surface area contributed by atoms with Gasteiger partial charge in [-0.3, -0.25) is 4.90 Å². The van der Waals surface area contributed by atoms with Crippen LogP contribution in [0.15, 0.2) is 18.2 Å². The fourth-order valence-electron chi connectivity index (χ4n) is 6.30. The maximum absolute atomic E-state index is 10.2. The Kier molecular flexibility index (Phi) is 4.36. The van der Waals surface area contributed by atoms with Crippen LogP contribution in [0, 0.1) is 5.41 Å². The van der Waals surface area contributed by atoms with Crippen LogP contribution in [-0.4, -0.2) is 41.7 Å². The summed E-state index contributed by atoms with van der Waals surface area (Å²) in [4.78, 5) is 2.76. The number of nitrogens with one attached hydrogen (secondary N) is 1. The number of aromatic hydroxyl groups is 1. The van der Waals surface area contributed by atoms with Crippen molar-refractivity contribution in [2.45, 2.75) is 76.8 Å². The molecule has 3 nitrogen and oxygen atoms in total. The first kappa shape index (κ1) is 17.4. The minimum Gasteiger partial charge on any atom is -0.508 e. The Balaban J connectivity index is 1.72. The predicted molar refractivity (Wildman–Crippen MR) is 103 cm³/mol. The fraction of sp³-hybridized carbons (Fsp3) is 0.727. The molecule has 1 aliphatic carbocycles. The number of phenolic OH excluding ortho intramolecular Hbond substituents is 1.